The molecule has 1 aliphatic rings. The van der Waals surface area contributed by atoms with Crippen LogP contribution in [0.5, 0.6) is 5.75 Å². The number of carboxylic acids is 1. The van der Waals surface area contributed by atoms with Gasteiger partial charge in [-0.05, 0) is 53.5 Å². The standard InChI is InChI=1S/C21H21N7O4/c22-20-19(25-32-26-20)21-24-16-11-23-8-5-17(16)28(21)13-1-3-14(4-2-13)31-15-6-9-27(10-7-15)12-18(29)30/h1-5,8,11,15H,6-7,9-10,12H2,(H2,22,26)(H,29,30). The van der Waals surface area contributed by atoms with Crippen LogP contribution in [0.25, 0.3) is 28.2 Å². The molecule has 3 aromatic heterocycles. The first-order chi connectivity index (χ1) is 15.6. The largest absolute Gasteiger partial charge is 0.490 e. The maximum atomic E-state index is 10.9. The van der Waals surface area contributed by atoms with E-state index >= 15 is 0 Å². The lowest BCUT2D eigenvalue weighted by Gasteiger charge is -2.31. The molecule has 3 N–H and O–H groups in total. The minimum absolute atomic E-state index is 0.0580. The molecule has 5 rings (SSSR count). The number of nitrogen functional groups attached to an aromatic ring is 1. The molecule has 0 atom stereocenters. The minimum Gasteiger partial charge on any atom is -0.490 e. The lowest BCUT2D eigenvalue weighted by molar-refractivity contribution is -0.138. The molecule has 11 heteroatoms. The highest BCUT2D eigenvalue weighted by Crippen LogP contribution is 2.30. The Morgan fingerprint density at radius 3 is 2.66 bits per heavy atom. The number of hydrogen-bond donors (Lipinski definition) is 2. The van der Waals surface area contributed by atoms with Crippen molar-refractivity contribution < 1.29 is 19.3 Å². The summed E-state index contributed by atoms with van der Waals surface area (Å²) in [6.07, 6.45) is 5.01. The summed E-state index contributed by atoms with van der Waals surface area (Å²) in [7, 11) is 0. The van der Waals surface area contributed by atoms with Crippen molar-refractivity contribution in [3.63, 3.8) is 0 Å². The fraction of sp³-hybridized carbons (Fsp3) is 0.286. The van der Waals surface area contributed by atoms with Crippen molar-refractivity contribution in [2.75, 3.05) is 25.4 Å². The Kier molecular flexibility index (Phi) is 5.15. The van der Waals surface area contributed by atoms with E-state index in [9.17, 15) is 4.79 Å². The van der Waals surface area contributed by atoms with Crippen LogP contribution >= 0.6 is 0 Å². The first-order valence-corrected chi connectivity index (χ1v) is 10.2. The molecule has 0 radical (unpaired) electrons. The maximum absolute atomic E-state index is 10.9. The fourth-order valence-electron chi connectivity index (χ4n) is 3.95. The van der Waals surface area contributed by atoms with Crippen molar-refractivity contribution in [3.8, 4) is 23.0 Å². The summed E-state index contributed by atoms with van der Waals surface area (Å²) in [6, 6.07) is 9.54. The van der Waals surface area contributed by atoms with Gasteiger partial charge in [-0.3, -0.25) is 19.2 Å². The first-order valence-electron chi connectivity index (χ1n) is 10.2. The van der Waals surface area contributed by atoms with Crippen molar-refractivity contribution in [2.45, 2.75) is 18.9 Å². The third-order valence-electron chi connectivity index (χ3n) is 5.47. The van der Waals surface area contributed by atoms with E-state index in [-0.39, 0.29) is 18.5 Å². The van der Waals surface area contributed by atoms with Crippen LogP contribution in [0.2, 0.25) is 0 Å². The molecule has 0 amide bonds. The van der Waals surface area contributed by atoms with Crippen molar-refractivity contribution in [1.29, 1.82) is 0 Å². The van der Waals surface area contributed by atoms with Gasteiger partial charge in [0.1, 0.15) is 17.4 Å². The number of anilines is 1. The normalized spacial score (nSPS) is 15.2. The summed E-state index contributed by atoms with van der Waals surface area (Å²) in [6.45, 7) is 1.49. The Balaban J connectivity index is 1.38. The number of benzene rings is 1. The molecule has 4 heterocycles. The zero-order chi connectivity index (χ0) is 22.1. The molecular formula is C21H21N7O4. The van der Waals surface area contributed by atoms with Crippen LogP contribution in [-0.4, -0.2) is 66.6 Å². The van der Waals surface area contributed by atoms with E-state index in [0.717, 1.165) is 29.8 Å². The van der Waals surface area contributed by atoms with Crippen molar-refractivity contribution >= 4 is 22.8 Å². The van der Waals surface area contributed by atoms with Crippen LogP contribution in [0.4, 0.5) is 5.82 Å². The lowest BCUT2D eigenvalue weighted by atomic mass is 10.1. The fourth-order valence-corrected chi connectivity index (χ4v) is 3.95. The lowest BCUT2D eigenvalue weighted by Crippen LogP contribution is -2.40. The maximum Gasteiger partial charge on any atom is 0.317 e. The number of imidazole rings is 1. The average molecular weight is 435 g/mol. The molecule has 11 nitrogen and oxygen atoms in total. The molecule has 0 unspecified atom stereocenters. The number of nitrogens with two attached hydrogens (primary N) is 1. The number of fused-ring (bicyclic) bond motifs is 1. The van der Waals surface area contributed by atoms with Crippen LogP contribution in [0.3, 0.4) is 0 Å². The van der Waals surface area contributed by atoms with Crippen molar-refractivity contribution in [3.05, 3.63) is 42.7 Å². The molecule has 0 aliphatic carbocycles. The Morgan fingerprint density at radius 2 is 1.97 bits per heavy atom. The third kappa shape index (κ3) is 3.85. The molecular weight excluding hydrogens is 414 g/mol. The number of piperidine rings is 1. The number of nitrogens with zero attached hydrogens (tertiary/aromatic N) is 6. The molecule has 164 valence electrons. The van der Waals surface area contributed by atoms with E-state index in [1.54, 1.807) is 12.4 Å². The monoisotopic (exact) mass is 435 g/mol. The minimum atomic E-state index is -0.801. The van der Waals surface area contributed by atoms with Crippen molar-refractivity contribution in [1.82, 2.24) is 29.7 Å². The van der Waals surface area contributed by atoms with Crippen LogP contribution in [0.15, 0.2) is 47.4 Å². The number of aromatic nitrogens is 5. The van der Waals surface area contributed by atoms with Gasteiger partial charge in [0.2, 0.25) is 0 Å². The van der Waals surface area contributed by atoms with E-state index in [4.69, 9.17) is 20.2 Å². The average Bonchev–Trinajstić information content (AvgIpc) is 3.38. The Hall–Kier alpha value is -3.99. The number of pyridine rings is 1. The van der Waals surface area contributed by atoms with Gasteiger partial charge in [0.05, 0.1) is 18.3 Å². The number of carboxylic acid groups (broad SMARTS) is 1. The molecule has 4 aromatic rings. The molecule has 1 saturated heterocycles. The van der Waals surface area contributed by atoms with E-state index in [2.05, 4.69) is 20.3 Å². The summed E-state index contributed by atoms with van der Waals surface area (Å²) in [4.78, 5) is 21.6. The van der Waals surface area contributed by atoms with E-state index in [1.165, 1.54) is 0 Å². The molecule has 0 bridgehead atoms. The Bertz CT molecular complexity index is 1240. The number of ether oxygens (including phenoxy) is 1. The summed E-state index contributed by atoms with van der Waals surface area (Å²) in [5, 5.41) is 16.5. The van der Waals surface area contributed by atoms with Crippen LogP contribution in [-0.2, 0) is 4.79 Å². The molecule has 1 aliphatic heterocycles. The highest BCUT2D eigenvalue weighted by atomic mass is 16.6. The zero-order valence-electron chi connectivity index (χ0n) is 17.1. The topological polar surface area (TPSA) is 145 Å². The molecule has 32 heavy (non-hydrogen) atoms. The SMILES string of the molecule is Nc1nonc1-c1nc2cnccc2n1-c1ccc(OC2CCN(CC(=O)O)CC2)cc1. The summed E-state index contributed by atoms with van der Waals surface area (Å²) in [5.41, 5.74) is 8.65. The second-order valence-corrected chi connectivity index (χ2v) is 7.61. The summed E-state index contributed by atoms with van der Waals surface area (Å²) in [5.74, 6) is 0.612. The van der Waals surface area contributed by atoms with Gasteiger partial charge in [-0.15, -0.1) is 0 Å². The van der Waals surface area contributed by atoms with Gasteiger partial charge < -0.3 is 15.6 Å². The zero-order valence-corrected chi connectivity index (χ0v) is 17.1. The van der Waals surface area contributed by atoms with Gasteiger partial charge in [0, 0.05) is 25.0 Å². The molecule has 0 spiro atoms. The smallest absolute Gasteiger partial charge is 0.317 e. The van der Waals surface area contributed by atoms with Gasteiger partial charge in [-0.2, -0.15) is 0 Å². The third-order valence-corrected chi connectivity index (χ3v) is 5.47. The van der Waals surface area contributed by atoms with Gasteiger partial charge in [0.25, 0.3) is 0 Å². The summed E-state index contributed by atoms with van der Waals surface area (Å²) >= 11 is 0. The second kappa shape index (κ2) is 8.27. The first kappa shape index (κ1) is 19.9. The highest BCUT2D eigenvalue weighted by Gasteiger charge is 2.23. The van der Waals surface area contributed by atoms with Gasteiger partial charge >= 0.3 is 5.97 Å². The van der Waals surface area contributed by atoms with Crippen LogP contribution < -0.4 is 10.5 Å². The quantitative estimate of drug-likeness (QED) is 0.461. The number of likely N-dealkylation sites (tertiary alicyclic amines) is 1. The number of carbonyl (C=O) groups is 1. The predicted octanol–water partition coefficient (Wildman–Crippen LogP) is 1.98. The number of rotatable bonds is 6. The number of aliphatic carboxylic acids is 1. The highest BCUT2D eigenvalue weighted by molar-refractivity contribution is 5.83. The van der Waals surface area contributed by atoms with Gasteiger partial charge in [0.15, 0.2) is 17.3 Å². The van der Waals surface area contributed by atoms with Gasteiger partial charge in [-0.25, -0.2) is 9.61 Å². The van der Waals surface area contributed by atoms with Crippen LogP contribution in [0.1, 0.15) is 12.8 Å². The van der Waals surface area contributed by atoms with Crippen molar-refractivity contribution in [2.24, 2.45) is 0 Å². The number of hydrogen-bond acceptors (Lipinski definition) is 9. The van der Waals surface area contributed by atoms with E-state index < -0.39 is 5.97 Å². The van der Waals surface area contributed by atoms with E-state index in [1.807, 2.05) is 39.8 Å². The molecule has 1 aromatic carbocycles. The predicted molar refractivity (Wildman–Crippen MR) is 114 cm³/mol. The van der Waals surface area contributed by atoms with E-state index in [0.29, 0.717) is 30.1 Å². The molecule has 0 saturated carbocycles. The van der Waals surface area contributed by atoms with Gasteiger partial charge in [-0.1, -0.05) is 0 Å². The summed E-state index contributed by atoms with van der Waals surface area (Å²) < 4.78 is 12.8. The Labute approximate surface area is 182 Å². The van der Waals surface area contributed by atoms with Crippen LogP contribution in [0, 0.1) is 0 Å². The molecule has 1 fully saturated rings. The second-order valence-electron chi connectivity index (χ2n) is 7.61. The Morgan fingerprint density at radius 1 is 1.19 bits per heavy atom.